The van der Waals surface area contributed by atoms with Crippen LogP contribution in [0.3, 0.4) is 0 Å². The van der Waals surface area contributed by atoms with Crippen LogP contribution in [0, 0.1) is 0 Å². The Morgan fingerprint density at radius 3 is 2.27 bits per heavy atom. The van der Waals surface area contributed by atoms with Crippen molar-refractivity contribution in [2.24, 2.45) is 0 Å². The molecular weight excluding hydrogens is 276 g/mol. The molecule has 22 heavy (non-hydrogen) atoms. The quantitative estimate of drug-likeness (QED) is 0.891. The van der Waals surface area contributed by atoms with Crippen LogP contribution in [-0.2, 0) is 9.53 Å². The minimum Gasteiger partial charge on any atom is -0.370 e. The van der Waals surface area contributed by atoms with Crippen LogP contribution in [0.15, 0.2) is 54.6 Å². The molecule has 0 saturated carbocycles. The molecule has 2 aromatic carbocycles. The number of rotatable bonds is 4. The van der Waals surface area contributed by atoms with Crippen LogP contribution in [0.5, 0.6) is 0 Å². The third-order valence-electron chi connectivity index (χ3n) is 3.89. The average molecular weight is 297 g/mol. The zero-order chi connectivity index (χ0) is 15.2. The highest BCUT2D eigenvalue weighted by molar-refractivity contribution is 5.91. The molecule has 2 aromatic rings. The van der Waals surface area contributed by atoms with E-state index in [1.165, 1.54) is 10.5 Å². The first-order chi connectivity index (χ1) is 10.8. The van der Waals surface area contributed by atoms with Crippen molar-refractivity contribution in [1.82, 2.24) is 0 Å². The number of hydrogen-bond donors (Lipinski definition) is 2. The molecule has 1 fully saturated rings. The fourth-order valence-corrected chi connectivity index (χ4v) is 2.65. The van der Waals surface area contributed by atoms with Crippen molar-refractivity contribution >= 4 is 11.6 Å². The molecule has 2 N–H and O–H groups in total. The van der Waals surface area contributed by atoms with Gasteiger partial charge in [0.05, 0.1) is 13.2 Å². The smallest absolute Gasteiger partial charge is 0.279 e. The Morgan fingerprint density at radius 2 is 1.59 bits per heavy atom. The molecule has 0 radical (unpaired) electrons. The van der Waals surface area contributed by atoms with E-state index in [4.69, 9.17) is 4.74 Å². The molecule has 0 bridgehead atoms. The number of nitrogens with one attached hydrogen (secondary N) is 2. The van der Waals surface area contributed by atoms with E-state index in [-0.39, 0.29) is 5.91 Å². The van der Waals surface area contributed by atoms with Gasteiger partial charge in [0.1, 0.15) is 13.1 Å². The molecular formula is C18H21N2O2+. The molecule has 1 saturated heterocycles. The van der Waals surface area contributed by atoms with Crippen molar-refractivity contribution in [3.05, 3.63) is 54.6 Å². The van der Waals surface area contributed by atoms with Gasteiger partial charge < -0.3 is 15.0 Å². The number of anilines is 1. The van der Waals surface area contributed by atoms with Gasteiger partial charge in [-0.25, -0.2) is 0 Å². The number of quaternary nitrogens is 1. The Morgan fingerprint density at radius 1 is 0.955 bits per heavy atom. The summed E-state index contributed by atoms with van der Waals surface area (Å²) in [5.41, 5.74) is 3.17. The fraction of sp³-hybridized carbons (Fsp3) is 0.278. The van der Waals surface area contributed by atoms with Gasteiger partial charge in [-0.05, 0) is 23.3 Å². The lowest BCUT2D eigenvalue weighted by molar-refractivity contribution is -0.899. The molecule has 1 aliphatic heterocycles. The monoisotopic (exact) mass is 297 g/mol. The van der Waals surface area contributed by atoms with Crippen LogP contribution in [0.4, 0.5) is 5.69 Å². The normalized spacial score (nSPS) is 15.5. The van der Waals surface area contributed by atoms with Gasteiger partial charge in [-0.15, -0.1) is 0 Å². The van der Waals surface area contributed by atoms with E-state index in [0.717, 1.165) is 37.6 Å². The Hall–Kier alpha value is -2.17. The topological polar surface area (TPSA) is 42.8 Å². The van der Waals surface area contributed by atoms with Crippen molar-refractivity contribution in [2.75, 3.05) is 38.2 Å². The SMILES string of the molecule is O=C(C[NH+]1CCOCC1)Nc1ccc(-c2ccccc2)cc1. The Labute approximate surface area is 130 Å². The summed E-state index contributed by atoms with van der Waals surface area (Å²) in [4.78, 5) is 13.3. The van der Waals surface area contributed by atoms with Crippen LogP contribution in [0.25, 0.3) is 11.1 Å². The fourth-order valence-electron chi connectivity index (χ4n) is 2.65. The number of ether oxygens (including phenoxy) is 1. The van der Waals surface area contributed by atoms with Crippen LogP contribution >= 0.6 is 0 Å². The molecule has 0 spiro atoms. The summed E-state index contributed by atoms with van der Waals surface area (Å²) in [6.45, 7) is 3.80. The van der Waals surface area contributed by atoms with Gasteiger partial charge in [0.25, 0.3) is 5.91 Å². The van der Waals surface area contributed by atoms with Crippen LogP contribution in [0.1, 0.15) is 0 Å². The second kappa shape index (κ2) is 7.20. The van der Waals surface area contributed by atoms with Gasteiger partial charge in [0.2, 0.25) is 0 Å². The van der Waals surface area contributed by atoms with Crippen LogP contribution in [-0.4, -0.2) is 38.8 Å². The third-order valence-corrected chi connectivity index (χ3v) is 3.89. The Bertz CT molecular complexity index is 605. The summed E-state index contributed by atoms with van der Waals surface area (Å²) in [6, 6.07) is 18.2. The maximum atomic E-state index is 12.1. The highest BCUT2D eigenvalue weighted by Gasteiger charge is 2.17. The van der Waals surface area contributed by atoms with E-state index >= 15 is 0 Å². The first-order valence-corrected chi connectivity index (χ1v) is 7.68. The molecule has 0 atom stereocenters. The van der Waals surface area contributed by atoms with Crippen molar-refractivity contribution in [2.45, 2.75) is 0 Å². The Kier molecular flexibility index (Phi) is 4.83. The van der Waals surface area contributed by atoms with E-state index in [0.29, 0.717) is 6.54 Å². The maximum absolute atomic E-state index is 12.1. The maximum Gasteiger partial charge on any atom is 0.279 e. The van der Waals surface area contributed by atoms with Gasteiger partial charge in [-0.3, -0.25) is 4.79 Å². The second-order valence-corrected chi connectivity index (χ2v) is 5.53. The number of amides is 1. The Balaban J connectivity index is 1.57. The van der Waals surface area contributed by atoms with Gasteiger partial charge in [-0.1, -0.05) is 42.5 Å². The lowest BCUT2D eigenvalue weighted by Crippen LogP contribution is -3.15. The lowest BCUT2D eigenvalue weighted by Gasteiger charge is -2.23. The molecule has 0 unspecified atom stereocenters. The zero-order valence-electron chi connectivity index (χ0n) is 12.5. The van der Waals surface area contributed by atoms with E-state index in [9.17, 15) is 4.79 Å². The van der Waals surface area contributed by atoms with E-state index in [1.54, 1.807) is 0 Å². The van der Waals surface area contributed by atoms with Crippen molar-refractivity contribution in [3.8, 4) is 11.1 Å². The zero-order valence-corrected chi connectivity index (χ0v) is 12.5. The molecule has 4 nitrogen and oxygen atoms in total. The average Bonchev–Trinajstić information content (AvgIpc) is 2.57. The van der Waals surface area contributed by atoms with Crippen molar-refractivity contribution < 1.29 is 14.4 Å². The van der Waals surface area contributed by atoms with E-state index in [1.807, 2.05) is 42.5 Å². The minimum atomic E-state index is 0.0596. The third kappa shape index (κ3) is 3.93. The number of benzene rings is 2. The molecule has 1 heterocycles. The highest BCUT2D eigenvalue weighted by Crippen LogP contribution is 2.20. The summed E-state index contributed by atoms with van der Waals surface area (Å²) in [6.07, 6.45) is 0. The highest BCUT2D eigenvalue weighted by atomic mass is 16.5. The number of carbonyl (C=O) groups excluding carboxylic acids is 1. The molecule has 3 rings (SSSR count). The van der Waals surface area contributed by atoms with Crippen LogP contribution < -0.4 is 10.2 Å². The van der Waals surface area contributed by atoms with Crippen LogP contribution in [0.2, 0.25) is 0 Å². The molecule has 1 aliphatic rings. The summed E-state index contributed by atoms with van der Waals surface area (Å²) in [7, 11) is 0. The summed E-state index contributed by atoms with van der Waals surface area (Å²) >= 11 is 0. The van der Waals surface area contributed by atoms with Crippen molar-refractivity contribution in [3.63, 3.8) is 0 Å². The lowest BCUT2D eigenvalue weighted by atomic mass is 10.1. The van der Waals surface area contributed by atoms with Gasteiger partial charge in [0, 0.05) is 5.69 Å². The van der Waals surface area contributed by atoms with E-state index in [2.05, 4.69) is 17.4 Å². The van der Waals surface area contributed by atoms with Gasteiger partial charge in [-0.2, -0.15) is 0 Å². The van der Waals surface area contributed by atoms with Gasteiger partial charge >= 0.3 is 0 Å². The molecule has 114 valence electrons. The largest absolute Gasteiger partial charge is 0.370 e. The molecule has 0 aliphatic carbocycles. The van der Waals surface area contributed by atoms with Gasteiger partial charge in [0.15, 0.2) is 6.54 Å². The predicted octanol–water partition coefficient (Wildman–Crippen LogP) is 1.21. The second-order valence-electron chi connectivity index (χ2n) is 5.53. The first kappa shape index (κ1) is 14.8. The number of morpholine rings is 1. The predicted molar refractivity (Wildman–Crippen MR) is 86.9 cm³/mol. The minimum absolute atomic E-state index is 0.0596. The molecule has 0 aromatic heterocycles. The standard InChI is InChI=1S/C18H20N2O2/c21-18(14-20-10-12-22-13-11-20)19-17-8-6-16(7-9-17)15-4-2-1-3-5-15/h1-9H,10-14H2,(H,19,21)/p+1. The van der Waals surface area contributed by atoms with Crippen molar-refractivity contribution in [1.29, 1.82) is 0 Å². The first-order valence-electron chi connectivity index (χ1n) is 7.68. The molecule has 4 heteroatoms. The summed E-state index contributed by atoms with van der Waals surface area (Å²) < 4.78 is 5.30. The summed E-state index contributed by atoms with van der Waals surface area (Å²) in [5.74, 6) is 0.0596. The number of hydrogen-bond acceptors (Lipinski definition) is 2. The van der Waals surface area contributed by atoms with E-state index < -0.39 is 0 Å². The molecule has 1 amide bonds. The summed E-state index contributed by atoms with van der Waals surface area (Å²) in [5, 5.41) is 2.97. The number of carbonyl (C=O) groups is 1.